The second kappa shape index (κ2) is 8.34. The molecule has 0 amide bonds. The van der Waals surface area contributed by atoms with Crippen LogP contribution in [0.4, 0.5) is 4.39 Å². The molecule has 6 heteroatoms. The first-order chi connectivity index (χ1) is 13.7. The number of hydrogen-bond acceptors (Lipinski definition) is 5. The van der Waals surface area contributed by atoms with Gasteiger partial charge in [0.1, 0.15) is 5.82 Å². The number of halogens is 1. The zero-order valence-electron chi connectivity index (χ0n) is 15.5. The van der Waals surface area contributed by atoms with Crippen LogP contribution in [0.2, 0.25) is 0 Å². The lowest BCUT2D eigenvalue weighted by Gasteiger charge is -2.34. The first-order valence-electron chi connectivity index (χ1n) is 9.34. The van der Waals surface area contributed by atoms with E-state index in [1.165, 1.54) is 17.7 Å². The zero-order valence-corrected chi connectivity index (χ0v) is 15.5. The van der Waals surface area contributed by atoms with Gasteiger partial charge in [-0.25, -0.2) is 9.37 Å². The number of oxazole rings is 1. The summed E-state index contributed by atoms with van der Waals surface area (Å²) < 4.78 is 18.9. The van der Waals surface area contributed by atoms with E-state index < -0.39 is 0 Å². The molecule has 1 aliphatic rings. The van der Waals surface area contributed by atoms with Crippen LogP contribution in [0, 0.1) is 17.1 Å². The number of rotatable bonds is 5. The van der Waals surface area contributed by atoms with E-state index in [1.807, 2.05) is 24.3 Å². The molecular formula is C22H21FN4O. The van der Waals surface area contributed by atoms with E-state index in [0.717, 1.165) is 38.3 Å². The molecule has 1 aromatic heterocycles. The third-order valence-corrected chi connectivity index (χ3v) is 5.00. The molecular weight excluding hydrogens is 355 g/mol. The molecule has 0 saturated carbocycles. The molecule has 0 N–H and O–H groups in total. The minimum Gasteiger partial charge on any atom is -0.439 e. The summed E-state index contributed by atoms with van der Waals surface area (Å²) in [5, 5.41) is 8.88. The smallest absolute Gasteiger partial charge is 0.209 e. The molecule has 5 nitrogen and oxygen atoms in total. The van der Waals surface area contributed by atoms with Crippen molar-refractivity contribution in [3.63, 3.8) is 0 Å². The molecule has 2 aromatic carbocycles. The maximum Gasteiger partial charge on any atom is 0.209 e. The van der Waals surface area contributed by atoms with Crippen molar-refractivity contribution in [1.82, 2.24) is 14.8 Å². The van der Waals surface area contributed by atoms with Crippen LogP contribution >= 0.6 is 0 Å². The third kappa shape index (κ3) is 4.45. The van der Waals surface area contributed by atoms with Crippen LogP contribution in [0.1, 0.15) is 17.0 Å². The lowest BCUT2D eigenvalue weighted by Crippen LogP contribution is -2.45. The second-order valence-electron chi connectivity index (χ2n) is 6.99. The van der Waals surface area contributed by atoms with E-state index in [9.17, 15) is 4.39 Å². The highest BCUT2D eigenvalue weighted by Gasteiger charge is 2.19. The molecule has 28 heavy (non-hydrogen) atoms. The van der Waals surface area contributed by atoms with Gasteiger partial charge in [-0.2, -0.15) is 5.26 Å². The van der Waals surface area contributed by atoms with Crippen LogP contribution in [0.3, 0.4) is 0 Å². The minimum atomic E-state index is -0.262. The molecule has 1 saturated heterocycles. The van der Waals surface area contributed by atoms with Crippen molar-refractivity contribution in [1.29, 1.82) is 5.26 Å². The Morgan fingerprint density at radius 3 is 2.21 bits per heavy atom. The highest BCUT2D eigenvalue weighted by Crippen LogP contribution is 2.21. The summed E-state index contributed by atoms with van der Waals surface area (Å²) in [6.45, 7) is 5.42. The molecule has 0 spiro atoms. The van der Waals surface area contributed by atoms with E-state index in [1.54, 1.807) is 18.3 Å². The van der Waals surface area contributed by atoms with Gasteiger partial charge in [-0.3, -0.25) is 9.80 Å². The van der Waals surface area contributed by atoms with Crippen LogP contribution in [0.25, 0.3) is 11.3 Å². The summed E-state index contributed by atoms with van der Waals surface area (Å²) in [4.78, 5) is 9.11. The van der Waals surface area contributed by atoms with Gasteiger partial charge < -0.3 is 4.42 Å². The van der Waals surface area contributed by atoms with Crippen molar-refractivity contribution in [2.75, 3.05) is 26.2 Å². The molecule has 0 unspecified atom stereocenters. The van der Waals surface area contributed by atoms with Crippen molar-refractivity contribution in [3.05, 3.63) is 77.6 Å². The predicted molar refractivity (Wildman–Crippen MR) is 104 cm³/mol. The Labute approximate surface area is 163 Å². The second-order valence-corrected chi connectivity index (χ2v) is 6.99. The minimum absolute atomic E-state index is 0.262. The molecule has 1 aliphatic heterocycles. The average molecular weight is 376 g/mol. The number of aromatic nitrogens is 1. The SMILES string of the molecule is N#Cc1ccc(CN2CCN(Cc3ncc(-c4ccc(F)cc4)o3)CC2)cc1. The normalized spacial score (nSPS) is 15.4. The molecule has 0 aliphatic carbocycles. The molecule has 4 rings (SSSR count). The third-order valence-electron chi connectivity index (χ3n) is 5.00. The summed E-state index contributed by atoms with van der Waals surface area (Å²) in [5.41, 5.74) is 2.75. The summed E-state index contributed by atoms with van der Waals surface area (Å²) in [7, 11) is 0. The van der Waals surface area contributed by atoms with Crippen LogP contribution < -0.4 is 0 Å². The summed E-state index contributed by atoms with van der Waals surface area (Å²) in [6, 6.07) is 16.2. The summed E-state index contributed by atoms with van der Waals surface area (Å²) in [5.74, 6) is 1.08. The van der Waals surface area contributed by atoms with Gasteiger partial charge in [-0.1, -0.05) is 12.1 Å². The Balaban J connectivity index is 1.28. The number of hydrogen-bond donors (Lipinski definition) is 0. The quantitative estimate of drug-likeness (QED) is 0.680. The lowest BCUT2D eigenvalue weighted by atomic mass is 10.1. The van der Waals surface area contributed by atoms with Crippen LogP contribution in [0.5, 0.6) is 0 Å². The fourth-order valence-corrected chi connectivity index (χ4v) is 3.37. The van der Waals surface area contributed by atoms with Crippen LogP contribution in [-0.2, 0) is 13.1 Å². The van der Waals surface area contributed by atoms with E-state index in [-0.39, 0.29) is 5.82 Å². The Hall–Kier alpha value is -3.01. The van der Waals surface area contributed by atoms with Crippen molar-refractivity contribution in [3.8, 4) is 17.4 Å². The largest absolute Gasteiger partial charge is 0.439 e. The molecule has 0 atom stereocenters. The topological polar surface area (TPSA) is 56.3 Å². The number of nitriles is 1. The fraction of sp³-hybridized carbons (Fsp3) is 0.273. The Morgan fingerprint density at radius 1 is 0.929 bits per heavy atom. The van der Waals surface area contributed by atoms with Crippen molar-refractivity contribution < 1.29 is 8.81 Å². The molecule has 1 fully saturated rings. The summed E-state index contributed by atoms with van der Waals surface area (Å²) >= 11 is 0. The van der Waals surface area contributed by atoms with Gasteiger partial charge in [0.15, 0.2) is 5.76 Å². The number of benzene rings is 2. The number of nitrogens with zero attached hydrogens (tertiary/aromatic N) is 4. The molecule has 0 bridgehead atoms. The van der Waals surface area contributed by atoms with E-state index >= 15 is 0 Å². The van der Waals surface area contributed by atoms with Crippen LogP contribution in [-0.4, -0.2) is 41.0 Å². The molecule has 3 aromatic rings. The first kappa shape index (κ1) is 18.4. The van der Waals surface area contributed by atoms with E-state index in [4.69, 9.17) is 9.68 Å². The monoisotopic (exact) mass is 376 g/mol. The van der Waals surface area contributed by atoms with Gasteiger partial charge >= 0.3 is 0 Å². The van der Waals surface area contributed by atoms with Crippen molar-refractivity contribution >= 4 is 0 Å². The summed E-state index contributed by atoms with van der Waals surface area (Å²) in [6.07, 6.45) is 1.70. The van der Waals surface area contributed by atoms with Crippen LogP contribution in [0.15, 0.2) is 59.1 Å². The maximum atomic E-state index is 13.1. The Kier molecular flexibility index (Phi) is 5.47. The fourth-order valence-electron chi connectivity index (χ4n) is 3.37. The predicted octanol–water partition coefficient (Wildman–Crippen LogP) is 3.67. The first-order valence-corrected chi connectivity index (χ1v) is 9.34. The van der Waals surface area contributed by atoms with Crippen molar-refractivity contribution in [2.24, 2.45) is 0 Å². The van der Waals surface area contributed by atoms with Gasteiger partial charge in [-0.15, -0.1) is 0 Å². The van der Waals surface area contributed by atoms with E-state index in [2.05, 4.69) is 20.9 Å². The molecule has 2 heterocycles. The standard InChI is InChI=1S/C22H21FN4O/c23-20-7-5-19(6-8-20)21-14-25-22(28-21)16-27-11-9-26(10-12-27)15-18-3-1-17(13-24)2-4-18/h1-8,14H,9-12,15-16H2. The highest BCUT2D eigenvalue weighted by molar-refractivity contribution is 5.55. The average Bonchev–Trinajstić information content (AvgIpc) is 3.19. The van der Waals surface area contributed by atoms with Gasteiger partial charge in [-0.05, 0) is 42.0 Å². The molecule has 142 valence electrons. The Morgan fingerprint density at radius 2 is 1.57 bits per heavy atom. The lowest BCUT2D eigenvalue weighted by molar-refractivity contribution is 0.114. The Bertz CT molecular complexity index is 951. The van der Waals surface area contributed by atoms with Gasteiger partial charge in [0.2, 0.25) is 5.89 Å². The van der Waals surface area contributed by atoms with Gasteiger partial charge in [0.25, 0.3) is 0 Å². The van der Waals surface area contributed by atoms with E-state index in [0.29, 0.717) is 23.8 Å². The van der Waals surface area contributed by atoms with Gasteiger partial charge in [0.05, 0.1) is 24.4 Å². The maximum absolute atomic E-state index is 13.1. The zero-order chi connectivity index (χ0) is 19.3. The number of piperazine rings is 1. The van der Waals surface area contributed by atoms with Gasteiger partial charge in [0, 0.05) is 38.3 Å². The van der Waals surface area contributed by atoms with Crippen molar-refractivity contribution in [2.45, 2.75) is 13.1 Å². The highest BCUT2D eigenvalue weighted by atomic mass is 19.1. The molecule has 0 radical (unpaired) electrons.